The van der Waals surface area contributed by atoms with Gasteiger partial charge in [0.1, 0.15) is 5.69 Å². The minimum Gasteiger partial charge on any atom is -0.362 e. The van der Waals surface area contributed by atoms with Gasteiger partial charge in [-0.15, -0.1) is 0 Å². The summed E-state index contributed by atoms with van der Waals surface area (Å²) in [6, 6.07) is 27.0. The van der Waals surface area contributed by atoms with Crippen LogP contribution in [-0.4, -0.2) is 41.9 Å². The number of rotatable bonds is 6. The Morgan fingerprint density at radius 1 is 0.806 bits per heavy atom. The number of hydrogen-bond acceptors (Lipinski definition) is 4. The van der Waals surface area contributed by atoms with Crippen molar-refractivity contribution in [3.8, 4) is 0 Å². The van der Waals surface area contributed by atoms with Gasteiger partial charge in [-0.1, -0.05) is 72.8 Å². The lowest BCUT2D eigenvalue weighted by Crippen LogP contribution is -2.49. The van der Waals surface area contributed by atoms with E-state index in [1.54, 1.807) is 12.1 Å². The molecule has 1 aliphatic rings. The lowest BCUT2D eigenvalue weighted by Gasteiger charge is -2.36. The van der Waals surface area contributed by atoms with Crippen molar-refractivity contribution in [1.82, 2.24) is 4.90 Å². The Hall–Kier alpha value is -3.67. The molecule has 6 nitrogen and oxygen atoms in total. The maximum atomic E-state index is 13.2. The van der Waals surface area contributed by atoms with Gasteiger partial charge < -0.3 is 9.80 Å². The SMILES string of the molecule is O=C(CC(c1ccccc1)c1ccccc1)N1CCN(c2ccccc2[N+](=O)[O-])CC1. The van der Waals surface area contributed by atoms with E-state index in [1.165, 1.54) is 6.07 Å². The van der Waals surface area contributed by atoms with Crippen LogP contribution in [0.5, 0.6) is 0 Å². The minimum atomic E-state index is -0.350. The molecule has 0 spiro atoms. The highest BCUT2D eigenvalue weighted by molar-refractivity contribution is 5.78. The molecule has 1 fully saturated rings. The Balaban J connectivity index is 1.45. The quantitative estimate of drug-likeness (QED) is 0.440. The molecule has 3 aromatic rings. The molecule has 0 saturated carbocycles. The highest BCUT2D eigenvalue weighted by atomic mass is 16.6. The third kappa shape index (κ3) is 4.74. The first-order valence-corrected chi connectivity index (χ1v) is 10.5. The van der Waals surface area contributed by atoms with Crippen LogP contribution in [0.2, 0.25) is 0 Å². The van der Waals surface area contributed by atoms with Gasteiger partial charge in [0, 0.05) is 44.6 Å². The van der Waals surface area contributed by atoms with E-state index in [9.17, 15) is 14.9 Å². The number of para-hydroxylation sites is 2. The Kier molecular flexibility index (Phi) is 6.26. The molecule has 1 saturated heterocycles. The molecule has 0 aliphatic carbocycles. The number of nitro groups is 1. The van der Waals surface area contributed by atoms with Crippen molar-refractivity contribution in [1.29, 1.82) is 0 Å². The second kappa shape index (κ2) is 9.43. The van der Waals surface area contributed by atoms with Crippen molar-refractivity contribution >= 4 is 17.3 Å². The second-order valence-corrected chi connectivity index (χ2v) is 7.69. The van der Waals surface area contributed by atoms with E-state index in [4.69, 9.17) is 0 Å². The van der Waals surface area contributed by atoms with Crippen LogP contribution in [0.15, 0.2) is 84.9 Å². The molecular formula is C25H25N3O3. The number of benzene rings is 3. The first-order chi connectivity index (χ1) is 15.1. The molecule has 1 amide bonds. The average Bonchev–Trinajstić information content (AvgIpc) is 2.83. The number of nitro benzene ring substituents is 1. The third-order valence-corrected chi connectivity index (χ3v) is 5.83. The van der Waals surface area contributed by atoms with Crippen molar-refractivity contribution in [2.75, 3.05) is 31.1 Å². The molecular weight excluding hydrogens is 390 g/mol. The van der Waals surface area contributed by atoms with Gasteiger partial charge in [0.15, 0.2) is 0 Å². The van der Waals surface area contributed by atoms with E-state index in [1.807, 2.05) is 52.3 Å². The van der Waals surface area contributed by atoms with E-state index in [2.05, 4.69) is 24.3 Å². The van der Waals surface area contributed by atoms with E-state index in [0.29, 0.717) is 38.3 Å². The predicted octanol–water partition coefficient (Wildman–Crippen LogP) is 4.47. The molecule has 3 aromatic carbocycles. The standard InChI is InChI=1S/C25H25N3O3/c29-25(19-22(20-9-3-1-4-10-20)21-11-5-2-6-12-21)27-17-15-26(16-18-27)23-13-7-8-14-24(23)28(30)31/h1-14,22H,15-19H2. The molecule has 0 N–H and O–H groups in total. The summed E-state index contributed by atoms with van der Waals surface area (Å²) in [5.41, 5.74) is 2.97. The molecule has 0 aromatic heterocycles. The molecule has 4 rings (SSSR count). The summed E-state index contributed by atoms with van der Waals surface area (Å²) in [6.45, 7) is 2.28. The van der Waals surface area contributed by atoms with Gasteiger partial charge >= 0.3 is 0 Å². The summed E-state index contributed by atoms with van der Waals surface area (Å²) in [6.07, 6.45) is 0.402. The monoisotopic (exact) mass is 415 g/mol. The van der Waals surface area contributed by atoms with Crippen LogP contribution in [0.1, 0.15) is 23.5 Å². The zero-order valence-corrected chi connectivity index (χ0v) is 17.3. The van der Waals surface area contributed by atoms with Crippen LogP contribution < -0.4 is 4.90 Å². The molecule has 6 heteroatoms. The first-order valence-electron chi connectivity index (χ1n) is 10.5. The second-order valence-electron chi connectivity index (χ2n) is 7.69. The molecule has 1 heterocycles. The summed E-state index contributed by atoms with van der Waals surface area (Å²) in [5, 5.41) is 11.3. The van der Waals surface area contributed by atoms with Gasteiger partial charge in [0.25, 0.3) is 5.69 Å². The van der Waals surface area contributed by atoms with E-state index in [-0.39, 0.29) is 22.4 Å². The van der Waals surface area contributed by atoms with Gasteiger partial charge in [-0.3, -0.25) is 14.9 Å². The Morgan fingerprint density at radius 2 is 1.32 bits per heavy atom. The minimum absolute atomic E-state index is 0.00291. The number of anilines is 1. The van der Waals surface area contributed by atoms with Crippen LogP contribution in [0.3, 0.4) is 0 Å². The average molecular weight is 415 g/mol. The Labute approximate surface area is 181 Å². The van der Waals surface area contributed by atoms with Crippen LogP contribution in [-0.2, 0) is 4.79 Å². The Bertz CT molecular complexity index is 993. The summed E-state index contributed by atoms with van der Waals surface area (Å²) in [4.78, 5) is 28.0. The summed E-state index contributed by atoms with van der Waals surface area (Å²) in [7, 11) is 0. The van der Waals surface area contributed by atoms with Crippen molar-refractivity contribution in [2.24, 2.45) is 0 Å². The van der Waals surface area contributed by atoms with Gasteiger partial charge in [0.05, 0.1) is 4.92 Å². The van der Waals surface area contributed by atoms with E-state index < -0.39 is 0 Å². The fourth-order valence-corrected chi connectivity index (χ4v) is 4.19. The van der Waals surface area contributed by atoms with Gasteiger partial charge in [-0.2, -0.15) is 0 Å². The van der Waals surface area contributed by atoms with Crippen molar-refractivity contribution in [3.63, 3.8) is 0 Å². The van der Waals surface area contributed by atoms with Gasteiger partial charge in [-0.25, -0.2) is 0 Å². The highest BCUT2D eigenvalue weighted by Crippen LogP contribution is 2.30. The number of piperazine rings is 1. The zero-order chi connectivity index (χ0) is 21.6. The van der Waals surface area contributed by atoms with Crippen molar-refractivity contribution in [2.45, 2.75) is 12.3 Å². The maximum Gasteiger partial charge on any atom is 0.292 e. The smallest absolute Gasteiger partial charge is 0.292 e. The largest absolute Gasteiger partial charge is 0.362 e. The number of amides is 1. The topological polar surface area (TPSA) is 66.7 Å². The fraction of sp³-hybridized carbons (Fsp3) is 0.240. The highest BCUT2D eigenvalue weighted by Gasteiger charge is 2.27. The third-order valence-electron chi connectivity index (χ3n) is 5.83. The molecule has 31 heavy (non-hydrogen) atoms. The lowest BCUT2D eigenvalue weighted by atomic mass is 9.88. The van der Waals surface area contributed by atoms with Crippen LogP contribution in [0.4, 0.5) is 11.4 Å². The van der Waals surface area contributed by atoms with E-state index in [0.717, 1.165) is 11.1 Å². The molecule has 0 bridgehead atoms. The number of carbonyl (C=O) groups is 1. The zero-order valence-electron chi connectivity index (χ0n) is 17.3. The maximum absolute atomic E-state index is 13.2. The molecule has 158 valence electrons. The van der Waals surface area contributed by atoms with Crippen molar-refractivity contribution in [3.05, 3.63) is 106 Å². The normalized spacial score (nSPS) is 14.0. The van der Waals surface area contributed by atoms with E-state index >= 15 is 0 Å². The fourth-order valence-electron chi connectivity index (χ4n) is 4.19. The first kappa shape index (κ1) is 20.6. The van der Waals surface area contributed by atoms with Crippen LogP contribution in [0, 0.1) is 10.1 Å². The van der Waals surface area contributed by atoms with Crippen molar-refractivity contribution < 1.29 is 9.72 Å². The number of hydrogen-bond donors (Lipinski definition) is 0. The lowest BCUT2D eigenvalue weighted by molar-refractivity contribution is -0.384. The number of nitrogens with zero attached hydrogens (tertiary/aromatic N) is 3. The van der Waals surface area contributed by atoms with Crippen LogP contribution >= 0.6 is 0 Å². The molecule has 0 unspecified atom stereocenters. The number of carbonyl (C=O) groups excluding carboxylic acids is 1. The summed E-state index contributed by atoms with van der Waals surface area (Å²) >= 11 is 0. The molecule has 0 atom stereocenters. The van der Waals surface area contributed by atoms with Gasteiger partial charge in [-0.05, 0) is 17.2 Å². The van der Waals surface area contributed by atoms with Crippen LogP contribution in [0.25, 0.3) is 0 Å². The summed E-state index contributed by atoms with van der Waals surface area (Å²) < 4.78 is 0. The Morgan fingerprint density at radius 3 is 1.87 bits per heavy atom. The summed E-state index contributed by atoms with van der Waals surface area (Å²) in [5.74, 6) is 0.114. The molecule has 1 aliphatic heterocycles. The predicted molar refractivity (Wildman–Crippen MR) is 121 cm³/mol. The van der Waals surface area contributed by atoms with Gasteiger partial charge in [0.2, 0.25) is 5.91 Å². The molecule has 0 radical (unpaired) electrons.